The molecule has 1 atom stereocenters. The number of aryl methyl sites for hydroxylation is 1. The van der Waals surface area contributed by atoms with Crippen LogP contribution in [0.3, 0.4) is 0 Å². The number of esters is 1. The number of ether oxygens (including phenoxy) is 3. The van der Waals surface area contributed by atoms with Crippen molar-refractivity contribution in [1.29, 1.82) is 0 Å². The Morgan fingerprint density at radius 1 is 1.15 bits per heavy atom. The van der Waals surface area contributed by atoms with Crippen molar-refractivity contribution in [1.82, 2.24) is 4.57 Å². The van der Waals surface area contributed by atoms with Crippen molar-refractivity contribution in [2.45, 2.75) is 26.8 Å². The molecule has 8 nitrogen and oxygen atoms in total. The number of benzene rings is 2. The average molecular weight is 563 g/mol. The number of thiazole rings is 1. The van der Waals surface area contributed by atoms with Crippen LogP contribution >= 0.6 is 22.9 Å². The van der Waals surface area contributed by atoms with Crippen LogP contribution in [0.4, 0.5) is 0 Å². The number of carbonyl (C=O) groups excluding carboxylic acids is 1. The van der Waals surface area contributed by atoms with E-state index in [-0.39, 0.29) is 19.0 Å². The Labute approximate surface area is 232 Å². The summed E-state index contributed by atoms with van der Waals surface area (Å²) < 4.78 is 24.4. The molecule has 2 aliphatic heterocycles. The minimum atomic E-state index is -0.752. The molecule has 2 aromatic carbocycles. The lowest BCUT2D eigenvalue weighted by molar-refractivity contribution is -0.139. The lowest BCUT2D eigenvalue weighted by Crippen LogP contribution is -2.39. The van der Waals surface area contributed by atoms with Gasteiger partial charge in [-0.15, -0.1) is 0 Å². The monoisotopic (exact) mass is 562 g/mol. The molecule has 2 aliphatic rings. The van der Waals surface area contributed by atoms with Crippen molar-refractivity contribution in [2.24, 2.45) is 4.99 Å². The lowest BCUT2D eigenvalue weighted by Gasteiger charge is -2.24. The third-order valence-corrected chi connectivity index (χ3v) is 7.81. The van der Waals surface area contributed by atoms with Crippen LogP contribution in [0.5, 0.6) is 11.5 Å². The number of rotatable bonds is 5. The first-order valence-electron chi connectivity index (χ1n) is 12.3. The lowest BCUT2D eigenvalue weighted by atomic mass is 9.95. The number of halogens is 1. The quantitative estimate of drug-likeness (QED) is 0.326. The van der Waals surface area contributed by atoms with E-state index in [4.69, 9.17) is 30.2 Å². The SMILES string of the molecule is CCOC(=O)C1=C(C)N=c2s/c(=C\c3ccc(-c4cc(Cl)ccc4C)o3)c(=O)n2[C@H]1c1ccc2c(c1)OCO2. The van der Waals surface area contributed by atoms with Crippen LogP contribution in [0.1, 0.15) is 36.8 Å². The summed E-state index contributed by atoms with van der Waals surface area (Å²) in [5, 5.41) is 0.609. The van der Waals surface area contributed by atoms with Gasteiger partial charge in [-0.05, 0) is 68.3 Å². The Morgan fingerprint density at radius 2 is 1.97 bits per heavy atom. The summed E-state index contributed by atoms with van der Waals surface area (Å²) in [6.45, 7) is 5.77. The summed E-state index contributed by atoms with van der Waals surface area (Å²) in [6, 6.07) is 13.9. The average Bonchev–Trinajstić information content (AvgIpc) is 3.64. The molecule has 0 saturated heterocycles. The minimum Gasteiger partial charge on any atom is -0.463 e. The van der Waals surface area contributed by atoms with Gasteiger partial charge in [0.25, 0.3) is 5.56 Å². The van der Waals surface area contributed by atoms with E-state index in [1.54, 1.807) is 38.1 Å². The summed E-state index contributed by atoms with van der Waals surface area (Å²) in [5.41, 5.74) is 3.06. The predicted octanol–water partition coefficient (Wildman–Crippen LogP) is 4.75. The molecule has 0 fully saturated rings. The molecule has 0 aliphatic carbocycles. The van der Waals surface area contributed by atoms with Gasteiger partial charge in [-0.2, -0.15) is 0 Å². The predicted molar refractivity (Wildman–Crippen MR) is 147 cm³/mol. The molecule has 0 unspecified atom stereocenters. The molecule has 0 amide bonds. The largest absolute Gasteiger partial charge is 0.463 e. The molecule has 0 N–H and O–H groups in total. The van der Waals surface area contributed by atoms with E-state index in [0.29, 0.717) is 54.2 Å². The number of fused-ring (bicyclic) bond motifs is 2. The van der Waals surface area contributed by atoms with Gasteiger partial charge in [-0.3, -0.25) is 9.36 Å². The minimum absolute atomic E-state index is 0.112. The van der Waals surface area contributed by atoms with Gasteiger partial charge in [0.2, 0.25) is 6.79 Å². The molecule has 0 radical (unpaired) electrons. The third kappa shape index (κ3) is 4.47. The molecular weight excluding hydrogens is 540 g/mol. The van der Waals surface area contributed by atoms with E-state index in [1.165, 1.54) is 15.9 Å². The normalized spacial score (nSPS) is 16.3. The van der Waals surface area contributed by atoms with Crippen molar-refractivity contribution in [2.75, 3.05) is 13.4 Å². The van der Waals surface area contributed by atoms with Crippen LogP contribution in [-0.2, 0) is 9.53 Å². The maximum Gasteiger partial charge on any atom is 0.338 e. The Morgan fingerprint density at radius 3 is 2.79 bits per heavy atom. The van der Waals surface area contributed by atoms with E-state index in [0.717, 1.165) is 11.1 Å². The zero-order valence-electron chi connectivity index (χ0n) is 21.3. The Balaban J connectivity index is 1.48. The first kappa shape index (κ1) is 25.2. The molecule has 10 heteroatoms. The second-order valence-electron chi connectivity index (χ2n) is 9.08. The molecule has 39 heavy (non-hydrogen) atoms. The van der Waals surface area contributed by atoms with E-state index in [2.05, 4.69) is 4.99 Å². The van der Waals surface area contributed by atoms with Gasteiger partial charge in [-0.1, -0.05) is 35.1 Å². The fourth-order valence-corrected chi connectivity index (χ4v) is 5.95. The Bertz CT molecular complexity index is 1850. The fourth-order valence-electron chi connectivity index (χ4n) is 4.75. The zero-order chi connectivity index (χ0) is 27.3. The molecule has 6 rings (SSSR count). The summed E-state index contributed by atoms with van der Waals surface area (Å²) in [7, 11) is 0. The summed E-state index contributed by atoms with van der Waals surface area (Å²) in [6.07, 6.45) is 1.69. The fraction of sp³-hybridized carbons (Fsp3) is 0.207. The Hall–Kier alpha value is -4.08. The van der Waals surface area contributed by atoms with Crippen molar-refractivity contribution in [3.8, 4) is 22.8 Å². The van der Waals surface area contributed by atoms with Gasteiger partial charge in [0.1, 0.15) is 11.5 Å². The number of carbonyl (C=O) groups is 1. The molecular formula is C29H23ClN2O6S. The molecule has 4 aromatic rings. The summed E-state index contributed by atoms with van der Waals surface area (Å²) in [4.78, 5) is 32.0. The van der Waals surface area contributed by atoms with Crippen molar-refractivity contribution in [3.05, 3.63) is 101 Å². The standard InChI is InChI=1S/C29H23ClN2O6S/c1-4-35-28(34)25-16(3)31-29-32(26(25)17-6-9-22-23(11-17)37-14-36-22)27(33)24(39-29)13-19-8-10-21(38-19)20-12-18(30)7-5-15(20)2/h5-13,26H,4,14H2,1-3H3/b24-13-/t26-/m0/s1. The van der Waals surface area contributed by atoms with Crippen LogP contribution in [0.25, 0.3) is 17.4 Å². The first-order valence-corrected chi connectivity index (χ1v) is 13.5. The Kier molecular flexibility index (Phi) is 6.40. The third-order valence-electron chi connectivity index (χ3n) is 6.59. The molecule has 2 aromatic heterocycles. The maximum atomic E-state index is 13.8. The highest BCUT2D eigenvalue weighted by Gasteiger charge is 2.34. The topological polar surface area (TPSA) is 92.3 Å². The number of allylic oxidation sites excluding steroid dienone is 1. The van der Waals surface area contributed by atoms with Gasteiger partial charge in [0, 0.05) is 16.7 Å². The summed E-state index contributed by atoms with van der Waals surface area (Å²) >= 11 is 7.42. The van der Waals surface area contributed by atoms with E-state index in [9.17, 15) is 9.59 Å². The molecule has 0 spiro atoms. The van der Waals surface area contributed by atoms with E-state index < -0.39 is 12.0 Å². The summed E-state index contributed by atoms with van der Waals surface area (Å²) in [5.74, 6) is 1.78. The number of hydrogen-bond donors (Lipinski definition) is 0. The van der Waals surface area contributed by atoms with Crippen LogP contribution < -0.4 is 24.4 Å². The molecule has 0 bridgehead atoms. The zero-order valence-corrected chi connectivity index (χ0v) is 22.9. The van der Waals surface area contributed by atoms with Crippen molar-refractivity contribution >= 4 is 35.0 Å². The highest BCUT2D eigenvalue weighted by atomic mass is 35.5. The van der Waals surface area contributed by atoms with Gasteiger partial charge in [0.15, 0.2) is 16.3 Å². The van der Waals surface area contributed by atoms with Crippen LogP contribution in [-0.4, -0.2) is 23.9 Å². The van der Waals surface area contributed by atoms with E-state index >= 15 is 0 Å². The van der Waals surface area contributed by atoms with Crippen LogP contribution in [0.2, 0.25) is 5.02 Å². The van der Waals surface area contributed by atoms with Crippen molar-refractivity contribution < 1.29 is 23.4 Å². The van der Waals surface area contributed by atoms with E-state index in [1.807, 2.05) is 37.3 Å². The molecule has 4 heterocycles. The number of nitrogens with zero attached hydrogens (tertiary/aromatic N) is 2. The van der Waals surface area contributed by atoms with Gasteiger partial charge >= 0.3 is 5.97 Å². The number of furan rings is 1. The van der Waals surface area contributed by atoms with Gasteiger partial charge in [-0.25, -0.2) is 9.79 Å². The number of hydrogen-bond acceptors (Lipinski definition) is 8. The maximum absolute atomic E-state index is 13.8. The number of aromatic nitrogens is 1. The second-order valence-corrected chi connectivity index (χ2v) is 10.5. The first-order chi connectivity index (χ1) is 18.8. The van der Waals surface area contributed by atoms with Gasteiger partial charge < -0.3 is 18.6 Å². The molecule has 0 saturated carbocycles. The molecule has 198 valence electrons. The smallest absolute Gasteiger partial charge is 0.338 e. The van der Waals surface area contributed by atoms with Crippen LogP contribution in [0.15, 0.2) is 74.0 Å². The van der Waals surface area contributed by atoms with Crippen molar-refractivity contribution in [3.63, 3.8) is 0 Å². The highest BCUT2D eigenvalue weighted by Crippen LogP contribution is 2.38. The second kappa shape index (κ2) is 9.91. The van der Waals surface area contributed by atoms with Crippen LogP contribution in [0, 0.1) is 6.92 Å². The van der Waals surface area contributed by atoms with Gasteiger partial charge in [0.05, 0.1) is 28.5 Å². The highest BCUT2D eigenvalue weighted by molar-refractivity contribution is 7.07.